The van der Waals surface area contributed by atoms with Crippen LogP contribution < -0.4 is 37.9 Å². The standard InChI is InChI=1S/4C27H36N4O5S/c4*1-17-11-19(15-28-14-17)26-30-29-23(31(26)24-21(34-5)9-8-10-22(24)35-6)16-37(32,33)18(2)25(36-7)20-12-27(3,4)13-20/h4*8-11,14-15,18,20,25H,12-13,16H2,1-7H3/t2*18-,25+;2*18-,25-/m1010/s1. The van der Waals surface area contributed by atoms with E-state index < -0.39 is 84.8 Å². The summed E-state index contributed by atoms with van der Waals surface area (Å²) in [4.78, 5) is 17.2. The summed E-state index contributed by atoms with van der Waals surface area (Å²) >= 11 is 0. The molecule has 0 N–H and O–H groups in total. The second kappa shape index (κ2) is 46.7. The van der Waals surface area contributed by atoms with Crippen molar-refractivity contribution in [1.29, 1.82) is 0 Å². The van der Waals surface area contributed by atoms with E-state index in [9.17, 15) is 33.7 Å². The summed E-state index contributed by atoms with van der Waals surface area (Å²) < 4.78 is 185. The smallest absolute Gasteiger partial charge is 0.170 e. The van der Waals surface area contributed by atoms with Gasteiger partial charge in [0, 0.05) is 100 Å². The number of hydrogen-bond donors (Lipinski definition) is 0. The highest BCUT2D eigenvalue weighted by molar-refractivity contribution is 7.92. The van der Waals surface area contributed by atoms with E-state index in [1.54, 1.807) is 254 Å². The van der Waals surface area contributed by atoms with Crippen molar-refractivity contribution in [2.75, 3.05) is 85.3 Å². The molecule has 4 aromatic carbocycles. The fourth-order valence-corrected chi connectivity index (χ4v) is 28.0. The van der Waals surface area contributed by atoms with Crippen molar-refractivity contribution in [2.45, 2.75) is 231 Å². The Labute approximate surface area is 871 Å². The van der Waals surface area contributed by atoms with Gasteiger partial charge in [-0.05, 0) is 247 Å². The Morgan fingerprint density at radius 2 is 0.432 bits per heavy atom. The average molecular weight is 2110 g/mol. The zero-order valence-corrected chi connectivity index (χ0v) is 93.5. The predicted molar refractivity (Wildman–Crippen MR) is 567 cm³/mol. The molecule has 40 heteroatoms. The topological polar surface area (TPSA) is 422 Å². The maximum absolute atomic E-state index is 13.8. The lowest BCUT2D eigenvalue weighted by Gasteiger charge is -2.47. The second-order valence-corrected chi connectivity index (χ2v) is 51.8. The second-order valence-electron chi connectivity index (χ2n) is 42.3. The van der Waals surface area contributed by atoms with Gasteiger partial charge in [0.25, 0.3) is 0 Å². The lowest BCUT2D eigenvalue weighted by Crippen LogP contribution is -2.47. The molecule has 0 radical (unpaired) electrons. The van der Waals surface area contributed by atoms with E-state index in [-0.39, 0.29) is 91.6 Å². The molecule has 0 saturated heterocycles. The van der Waals surface area contributed by atoms with Crippen LogP contribution in [0.15, 0.2) is 147 Å². The van der Waals surface area contributed by atoms with Crippen LogP contribution in [0.2, 0.25) is 0 Å². The minimum Gasteiger partial charge on any atom is -0.494 e. The Hall–Kier alpha value is -11.9. The monoisotopic (exact) mass is 2110 g/mol. The molecule has 148 heavy (non-hydrogen) atoms. The number of methoxy groups -OCH3 is 12. The molecule has 8 atom stereocenters. The predicted octanol–water partition coefficient (Wildman–Crippen LogP) is 17.6. The summed E-state index contributed by atoms with van der Waals surface area (Å²) in [6.45, 7) is 32.2. The fraction of sp³-hybridized carbons (Fsp3) is 0.519. The van der Waals surface area contributed by atoms with E-state index in [4.69, 9.17) is 56.8 Å². The number of para-hydroxylation sites is 4. The van der Waals surface area contributed by atoms with E-state index in [2.05, 4.69) is 116 Å². The van der Waals surface area contributed by atoms with Crippen LogP contribution in [0.3, 0.4) is 0 Å². The van der Waals surface area contributed by atoms with Crippen molar-refractivity contribution in [1.82, 2.24) is 79.0 Å². The number of pyridine rings is 4. The van der Waals surface area contributed by atoms with Crippen LogP contribution in [0, 0.1) is 73.0 Å². The van der Waals surface area contributed by atoms with Crippen molar-refractivity contribution in [3.05, 3.63) is 192 Å². The molecule has 12 aromatic rings. The number of hydrogen-bond acceptors (Lipinski definition) is 32. The lowest BCUT2D eigenvalue weighted by atomic mass is 9.62. The van der Waals surface area contributed by atoms with E-state index in [1.807, 2.05) is 52.0 Å². The maximum Gasteiger partial charge on any atom is 0.170 e. The third kappa shape index (κ3) is 25.0. The normalized spacial score (nSPS) is 17.2. The first-order valence-electron chi connectivity index (χ1n) is 49.3. The average Bonchev–Trinajstić information content (AvgIpc) is 1.67. The van der Waals surface area contributed by atoms with Crippen LogP contribution in [0.25, 0.3) is 68.3 Å². The molecule has 0 unspecified atom stereocenters. The van der Waals surface area contributed by atoms with Gasteiger partial charge in [-0.3, -0.25) is 38.2 Å². The highest BCUT2D eigenvalue weighted by Crippen LogP contribution is 2.54. The highest BCUT2D eigenvalue weighted by atomic mass is 32.2. The zero-order chi connectivity index (χ0) is 108. The summed E-state index contributed by atoms with van der Waals surface area (Å²) in [6.07, 6.45) is 19.6. The number of sulfone groups is 4. The number of ether oxygens (including phenoxy) is 12. The van der Waals surface area contributed by atoms with E-state index in [0.717, 1.165) is 73.6 Å². The molecule has 4 aliphatic carbocycles. The number of benzene rings is 4. The van der Waals surface area contributed by atoms with Crippen molar-refractivity contribution >= 4 is 39.3 Å². The van der Waals surface area contributed by atoms with Crippen molar-refractivity contribution < 1.29 is 90.5 Å². The van der Waals surface area contributed by atoms with Gasteiger partial charge in [-0.2, -0.15) is 0 Å². The first kappa shape index (κ1) is 113. The first-order valence-corrected chi connectivity index (χ1v) is 56.2. The molecule has 0 aliphatic heterocycles. The van der Waals surface area contributed by atoms with Gasteiger partial charge in [0.1, 0.15) is 91.8 Å². The van der Waals surface area contributed by atoms with E-state index in [1.165, 1.54) is 0 Å². The molecule has 8 aromatic heterocycles. The molecule has 16 rings (SSSR count). The summed E-state index contributed by atoms with van der Waals surface area (Å²) in [5.41, 5.74) is 9.48. The van der Waals surface area contributed by atoms with Gasteiger partial charge in [0.2, 0.25) is 0 Å². The van der Waals surface area contributed by atoms with Gasteiger partial charge in [0.05, 0.1) is 102 Å². The van der Waals surface area contributed by atoms with Gasteiger partial charge < -0.3 is 56.8 Å². The molecule has 4 aliphatic rings. The summed E-state index contributed by atoms with van der Waals surface area (Å²) in [5, 5.41) is 32.2. The first-order chi connectivity index (χ1) is 70.0. The number of rotatable bonds is 40. The largest absolute Gasteiger partial charge is 0.494 e. The molecule has 4 saturated carbocycles. The van der Waals surface area contributed by atoms with Gasteiger partial charge in [-0.15, -0.1) is 40.8 Å². The fourth-order valence-electron chi connectivity index (χ4n) is 21.7. The summed E-state index contributed by atoms with van der Waals surface area (Å²) in [7, 11) is 4.09. The van der Waals surface area contributed by atoms with Crippen molar-refractivity contribution in [3.8, 4) is 114 Å². The Balaban J connectivity index is 0.000000165. The molecule has 800 valence electrons. The van der Waals surface area contributed by atoms with Gasteiger partial charge in [0.15, 0.2) is 85.9 Å². The van der Waals surface area contributed by atoms with Gasteiger partial charge >= 0.3 is 0 Å². The third-order valence-corrected chi connectivity index (χ3v) is 37.1. The Kier molecular flexibility index (Phi) is 35.7. The Morgan fingerprint density at radius 3 is 0.568 bits per heavy atom. The van der Waals surface area contributed by atoms with E-state index in [0.29, 0.717) is 114 Å². The third-order valence-electron chi connectivity index (χ3n) is 28.9. The zero-order valence-electron chi connectivity index (χ0n) is 90.2. The van der Waals surface area contributed by atoms with Gasteiger partial charge in [-0.25, -0.2) is 33.7 Å². The highest BCUT2D eigenvalue weighted by Gasteiger charge is 2.51. The number of aryl methyl sites for hydroxylation is 4. The van der Waals surface area contributed by atoms with Crippen molar-refractivity contribution in [2.24, 2.45) is 45.3 Å². The van der Waals surface area contributed by atoms with Crippen LogP contribution in [-0.2, 0) is 81.3 Å². The number of nitrogens with zero attached hydrogens (tertiary/aromatic N) is 16. The lowest BCUT2D eigenvalue weighted by molar-refractivity contribution is -0.0368. The number of aromatic nitrogens is 16. The van der Waals surface area contributed by atoms with E-state index >= 15 is 0 Å². The van der Waals surface area contributed by atoms with Crippen LogP contribution in [-0.4, -0.2) is 243 Å². The minimum atomic E-state index is -3.68. The quantitative estimate of drug-likeness (QED) is 0.0344. The Bertz CT molecular complexity index is 6190. The molecular formula is C108H144N16O20S4. The van der Waals surface area contributed by atoms with Gasteiger partial charge in [-0.1, -0.05) is 79.7 Å². The van der Waals surface area contributed by atoms with Crippen LogP contribution in [0.1, 0.15) is 180 Å². The van der Waals surface area contributed by atoms with Crippen molar-refractivity contribution in [3.63, 3.8) is 0 Å². The molecule has 0 amide bonds. The molecule has 0 spiro atoms. The van der Waals surface area contributed by atoms with Crippen LogP contribution in [0.4, 0.5) is 0 Å². The molecule has 4 fully saturated rings. The SMILES string of the molecule is COc1cccc(OC)c1-n1c(CS(=O)(=O)[C@@H](C)[C@@H](OC)C2CC(C)(C)C2)nnc1-c1cncc(C)c1.COc1cccc(OC)c1-n1c(CS(=O)(=O)[C@@H](C)[C@H](OC)C2CC(C)(C)C2)nnc1-c1cncc(C)c1.COc1cccc(OC)c1-n1c(CS(=O)(=O)[C@H](C)[C@@H](OC)C2CC(C)(C)C2)nnc1-c1cncc(C)c1.COc1cccc(OC)c1-n1c(CS(=O)(=O)[C@H](C)[C@H](OC)C2CC(C)(C)C2)nnc1-c1cncc(C)c1. The summed E-state index contributed by atoms with van der Waals surface area (Å²) in [5.74, 6) is 6.32. The van der Waals surface area contributed by atoms with Crippen LogP contribution in [0.5, 0.6) is 46.0 Å². The molecular weight excluding hydrogens is 1970 g/mol. The van der Waals surface area contributed by atoms with Crippen LogP contribution >= 0.6 is 0 Å². The summed E-state index contributed by atoms with van der Waals surface area (Å²) in [6, 6.07) is 29.2. The molecule has 36 nitrogen and oxygen atoms in total. The molecule has 8 heterocycles. The molecule has 0 bridgehead atoms. The maximum atomic E-state index is 13.8. The Morgan fingerprint density at radius 1 is 0.270 bits per heavy atom. The minimum absolute atomic E-state index is 0.200.